The fraction of sp³-hybridized carbons (Fsp3) is 0.917. The van der Waals surface area contributed by atoms with E-state index in [1.165, 1.54) is 25.7 Å². The molecule has 0 aliphatic carbocycles. The highest BCUT2D eigenvalue weighted by Crippen LogP contribution is 2.23. The topological polar surface area (TPSA) is 61.8 Å². The lowest BCUT2D eigenvalue weighted by Gasteiger charge is -2.36. The van der Waals surface area contributed by atoms with E-state index in [0.29, 0.717) is 5.84 Å². The zero-order valence-electron chi connectivity index (χ0n) is 10.5. The van der Waals surface area contributed by atoms with E-state index in [1.54, 1.807) is 0 Å². The number of rotatable bonds is 5. The smallest absolute Gasteiger partial charge is 0.156 e. The minimum atomic E-state index is 0.118. The first kappa shape index (κ1) is 13.3. The van der Waals surface area contributed by atoms with Gasteiger partial charge in [0.05, 0.1) is 6.04 Å². The van der Waals surface area contributed by atoms with Crippen LogP contribution in [0.3, 0.4) is 0 Å². The van der Waals surface area contributed by atoms with Gasteiger partial charge in [-0.2, -0.15) is 0 Å². The summed E-state index contributed by atoms with van der Waals surface area (Å²) in [5, 5.41) is 11.9. The summed E-state index contributed by atoms with van der Waals surface area (Å²) in [7, 11) is 0. The molecule has 16 heavy (non-hydrogen) atoms. The molecule has 0 aromatic heterocycles. The van der Waals surface area contributed by atoms with Crippen LogP contribution in [0.4, 0.5) is 0 Å². The van der Waals surface area contributed by atoms with Crippen molar-refractivity contribution in [2.24, 2.45) is 16.8 Å². The van der Waals surface area contributed by atoms with Crippen LogP contribution >= 0.6 is 0 Å². The fourth-order valence-electron chi connectivity index (χ4n) is 2.68. The Morgan fingerprint density at radius 1 is 1.44 bits per heavy atom. The first-order valence-corrected chi connectivity index (χ1v) is 6.44. The number of nitrogens with two attached hydrogens (primary N) is 1. The maximum atomic E-state index is 8.74. The number of nitrogens with zero attached hydrogens (tertiary/aromatic N) is 2. The molecule has 1 heterocycles. The second-order valence-electron chi connectivity index (χ2n) is 4.72. The van der Waals surface area contributed by atoms with E-state index in [0.717, 1.165) is 25.4 Å². The Hall–Kier alpha value is -0.770. The highest BCUT2D eigenvalue weighted by Gasteiger charge is 2.25. The van der Waals surface area contributed by atoms with Gasteiger partial charge in [-0.1, -0.05) is 31.8 Å². The predicted octanol–water partition coefficient (Wildman–Crippen LogP) is 2.02. The maximum Gasteiger partial charge on any atom is 0.156 e. The van der Waals surface area contributed by atoms with Crippen molar-refractivity contribution in [2.75, 3.05) is 13.1 Å². The minimum absolute atomic E-state index is 0.118. The molecule has 1 aliphatic rings. The van der Waals surface area contributed by atoms with Crippen LogP contribution in [0, 0.1) is 5.92 Å². The Kier molecular flexibility index (Phi) is 5.60. The van der Waals surface area contributed by atoms with E-state index in [2.05, 4.69) is 23.9 Å². The second-order valence-corrected chi connectivity index (χ2v) is 4.72. The average Bonchev–Trinajstić information content (AvgIpc) is 2.32. The standard InChI is InChI=1S/C12H25N3O/c1-3-5-10-6-8-15(9-7-10)11(4-2)12(13)14-16/h10-11,16H,3-9H2,1-2H3,(H2,13,14). The van der Waals surface area contributed by atoms with Crippen LogP contribution in [0.15, 0.2) is 5.16 Å². The lowest BCUT2D eigenvalue weighted by molar-refractivity contribution is 0.152. The molecule has 0 bridgehead atoms. The van der Waals surface area contributed by atoms with Crippen LogP contribution in [0.1, 0.15) is 46.0 Å². The highest BCUT2D eigenvalue weighted by atomic mass is 16.4. The molecule has 94 valence electrons. The van der Waals surface area contributed by atoms with Gasteiger partial charge in [0, 0.05) is 0 Å². The molecule has 0 radical (unpaired) electrons. The van der Waals surface area contributed by atoms with Gasteiger partial charge in [0.2, 0.25) is 0 Å². The first-order chi connectivity index (χ1) is 7.72. The van der Waals surface area contributed by atoms with Crippen LogP contribution in [0.25, 0.3) is 0 Å². The van der Waals surface area contributed by atoms with Crippen molar-refractivity contribution >= 4 is 5.84 Å². The molecule has 1 fully saturated rings. The van der Waals surface area contributed by atoms with Crippen LogP contribution in [0.5, 0.6) is 0 Å². The van der Waals surface area contributed by atoms with E-state index >= 15 is 0 Å². The first-order valence-electron chi connectivity index (χ1n) is 6.44. The van der Waals surface area contributed by atoms with E-state index in [1.807, 2.05) is 0 Å². The lowest BCUT2D eigenvalue weighted by atomic mass is 9.91. The van der Waals surface area contributed by atoms with Gasteiger partial charge in [0.15, 0.2) is 5.84 Å². The Labute approximate surface area is 98.5 Å². The van der Waals surface area contributed by atoms with Gasteiger partial charge in [0.1, 0.15) is 0 Å². The van der Waals surface area contributed by atoms with Crippen molar-refractivity contribution in [3.8, 4) is 0 Å². The molecular formula is C12H25N3O. The third-order valence-electron chi connectivity index (χ3n) is 3.63. The third-order valence-corrected chi connectivity index (χ3v) is 3.63. The van der Waals surface area contributed by atoms with Crippen molar-refractivity contribution in [3.63, 3.8) is 0 Å². The summed E-state index contributed by atoms with van der Waals surface area (Å²) in [5.74, 6) is 1.24. The zero-order chi connectivity index (χ0) is 12.0. The number of piperidine rings is 1. The molecule has 1 rings (SSSR count). The summed E-state index contributed by atoms with van der Waals surface area (Å²) < 4.78 is 0. The van der Waals surface area contributed by atoms with Gasteiger partial charge in [-0.25, -0.2) is 0 Å². The molecule has 1 aliphatic heterocycles. The molecule has 0 aromatic rings. The predicted molar refractivity (Wildman–Crippen MR) is 66.7 cm³/mol. The molecule has 0 spiro atoms. The quantitative estimate of drug-likeness (QED) is 0.327. The Morgan fingerprint density at radius 2 is 2.06 bits per heavy atom. The third kappa shape index (κ3) is 3.37. The molecule has 4 nitrogen and oxygen atoms in total. The molecule has 1 atom stereocenters. The Morgan fingerprint density at radius 3 is 2.50 bits per heavy atom. The SMILES string of the molecule is CCCC1CCN(C(CC)C(N)=NO)CC1. The minimum Gasteiger partial charge on any atom is -0.409 e. The summed E-state index contributed by atoms with van der Waals surface area (Å²) in [6.45, 7) is 6.50. The lowest BCUT2D eigenvalue weighted by Crippen LogP contribution is -2.48. The summed E-state index contributed by atoms with van der Waals surface area (Å²) in [5.41, 5.74) is 5.71. The number of oxime groups is 1. The van der Waals surface area contributed by atoms with Gasteiger partial charge in [-0.05, 0) is 38.3 Å². The number of amidine groups is 1. The normalized spacial score (nSPS) is 22.2. The highest BCUT2D eigenvalue weighted by molar-refractivity contribution is 5.85. The largest absolute Gasteiger partial charge is 0.409 e. The van der Waals surface area contributed by atoms with Crippen molar-refractivity contribution < 1.29 is 5.21 Å². The summed E-state index contributed by atoms with van der Waals surface area (Å²) in [6.07, 6.45) is 6.04. The summed E-state index contributed by atoms with van der Waals surface area (Å²) >= 11 is 0. The van der Waals surface area contributed by atoms with Crippen LogP contribution < -0.4 is 5.73 Å². The number of likely N-dealkylation sites (tertiary alicyclic amines) is 1. The van der Waals surface area contributed by atoms with E-state index in [-0.39, 0.29) is 6.04 Å². The van der Waals surface area contributed by atoms with Crippen molar-refractivity contribution in [2.45, 2.75) is 52.0 Å². The van der Waals surface area contributed by atoms with Crippen LogP contribution in [-0.2, 0) is 0 Å². The van der Waals surface area contributed by atoms with E-state index in [9.17, 15) is 0 Å². The van der Waals surface area contributed by atoms with Gasteiger partial charge in [-0.3, -0.25) is 4.90 Å². The van der Waals surface area contributed by atoms with Crippen molar-refractivity contribution in [1.29, 1.82) is 0 Å². The molecule has 0 aromatic carbocycles. The second kappa shape index (κ2) is 6.74. The average molecular weight is 227 g/mol. The Balaban J connectivity index is 2.45. The fourth-order valence-corrected chi connectivity index (χ4v) is 2.68. The summed E-state index contributed by atoms with van der Waals surface area (Å²) in [4.78, 5) is 2.35. The van der Waals surface area contributed by atoms with Gasteiger partial charge < -0.3 is 10.9 Å². The number of hydrogen-bond acceptors (Lipinski definition) is 3. The zero-order valence-corrected chi connectivity index (χ0v) is 10.5. The molecule has 1 saturated heterocycles. The number of hydrogen-bond donors (Lipinski definition) is 2. The van der Waals surface area contributed by atoms with E-state index in [4.69, 9.17) is 10.9 Å². The molecule has 0 amide bonds. The van der Waals surface area contributed by atoms with Gasteiger partial charge in [0.25, 0.3) is 0 Å². The van der Waals surface area contributed by atoms with Crippen LogP contribution in [0.2, 0.25) is 0 Å². The Bertz CT molecular complexity index is 222. The molecule has 0 saturated carbocycles. The van der Waals surface area contributed by atoms with Gasteiger partial charge in [-0.15, -0.1) is 0 Å². The van der Waals surface area contributed by atoms with Gasteiger partial charge >= 0.3 is 0 Å². The molecule has 3 N–H and O–H groups in total. The molecule has 1 unspecified atom stereocenters. The maximum absolute atomic E-state index is 8.74. The van der Waals surface area contributed by atoms with Crippen LogP contribution in [-0.4, -0.2) is 35.1 Å². The molecular weight excluding hydrogens is 202 g/mol. The van der Waals surface area contributed by atoms with Crippen molar-refractivity contribution in [1.82, 2.24) is 4.90 Å². The van der Waals surface area contributed by atoms with Crippen molar-refractivity contribution in [3.05, 3.63) is 0 Å². The monoisotopic (exact) mass is 227 g/mol. The molecule has 4 heteroatoms. The summed E-state index contributed by atoms with van der Waals surface area (Å²) in [6, 6.07) is 0.118. The van der Waals surface area contributed by atoms with E-state index < -0.39 is 0 Å².